The minimum atomic E-state index is 0.977. The summed E-state index contributed by atoms with van der Waals surface area (Å²) >= 11 is 0. The van der Waals surface area contributed by atoms with Crippen LogP contribution in [-0.4, -0.2) is 0 Å². The predicted molar refractivity (Wildman–Crippen MR) is 55.2 cm³/mol. The van der Waals surface area contributed by atoms with Crippen molar-refractivity contribution in [3.8, 4) is 0 Å². The van der Waals surface area contributed by atoms with Crippen molar-refractivity contribution in [3.63, 3.8) is 0 Å². The van der Waals surface area contributed by atoms with Gasteiger partial charge in [-0.1, -0.05) is 46.5 Å². The quantitative estimate of drug-likeness (QED) is 0.588. The van der Waals surface area contributed by atoms with Crippen LogP contribution in [0.4, 0.5) is 0 Å². The van der Waals surface area contributed by atoms with Gasteiger partial charge in [-0.2, -0.15) is 0 Å². The molecule has 0 heterocycles. The molecule has 1 saturated carbocycles. The normalized spacial score (nSPS) is 32.2. The predicted octanol–water partition coefficient (Wildman–Crippen LogP) is 4.25. The van der Waals surface area contributed by atoms with Crippen LogP contribution in [0.25, 0.3) is 0 Å². The smallest absolute Gasteiger partial charge is 0.0409 e. The molecule has 72 valence electrons. The van der Waals surface area contributed by atoms with E-state index in [-0.39, 0.29) is 0 Å². The van der Waals surface area contributed by atoms with Gasteiger partial charge in [-0.05, 0) is 30.6 Å². The molecule has 0 radical (unpaired) electrons. The maximum Gasteiger partial charge on any atom is -0.0409 e. The molecule has 0 N–H and O–H groups in total. The summed E-state index contributed by atoms with van der Waals surface area (Å²) in [6.45, 7) is 7.13. The van der Waals surface area contributed by atoms with Crippen molar-refractivity contribution in [2.45, 2.75) is 59.3 Å². The van der Waals surface area contributed by atoms with Gasteiger partial charge in [-0.15, -0.1) is 0 Å². The molecule has 0 amide bonds. The van der Waals surface area contributed by atoms with E-state index in [1.165, 1.54) is 38.5 Å². The number of rotatable bonds is 4. The summed E-state index contributed by atoms with van der Waals surface area (Å²) in [6, 6.07) is 0. The highest BCUT2D eigenvalue weighted by atomic mass is 14.3. The van der Waals surface area contributed by atoms with Gasteiger partial charge in [0.05, 0.1) is 0 Å². The number of hydrogen-bond donors (Lipinski definition) is 0. The van der Waals surface area contributed by atoms with Crippen LogP contribution in [0.1, 0.15) is 59.3 Å². The fourth-order valence-electron chi connectivity index (χ4n) is 2.72. The minimum Gasteiger partial charge on any atom is -0.0654 e. The summed E-state index contributed by atoms with van der Waals surface area (Å²) in [6.07, 6.45) is 8.80. The molecular formula is C12H24. The van der Waals surface area contributed by atoms with E-state index in [0.29, 0.717) is 0 Å². The zero-order chi connectivity index (χ0) is 8.97. The third-order valence-electron chi connectivity index (χ3n) is 3.32. The molecular weight excluding hydrogens is 144 g/mol. The van der Waals surface area contributed by atoms with Crippen molar-refractivity contribution in [1.29, 1.82) is 0 Å². The Labute approximate surface area is 77.7 Å². The van der Waals surface area contributed by atoms with Crippen LogP contribution in [0.15, 0.2) is 0 Å². The first kappa shape index (κ1) is 10.1. The second-order valence-electron chi connectivity index (χ2n) is 4.91. The third kappa shape index (κ3) is 3.16. The first-order chi connectivity index (χ1) is 5.72. The van der Waals surface area contributed by atoms with Gasteiger partial charge in [0, 0.05) is 0 Å². The molecule has 3 unspecified atom stereocenters. The SMILES string of the molecule is CCCC(C)CC1CCC(C)C1. The van der Waals surface area contributed by atoms with E-state index in [0.717, 1.165) is 17.8 Å². The van der Waals surface area contributed by atoms with Crippen LogP contribution in [0, 0.1) is 17.8 Å². The van der Waals surface area contributed by atoms with Crippen molar-refractivity contribution >= 4 is 0 Å². The Bertz CT molecular complexity index is 117. The molecule has 0 bridgehead atoms. The van der Waals surface area contributed by atoms with E-state index >= 15 is 0 Å². The molecule has 0 aromatic carbocycles. The molecule has 1 aliphatic carbocycles. The van der Waals surface area contributed by atoms with Gasteiger partial charge in [0.15, 0.2) is 0 Å². The van der Waals surface area contributed by atoms with Crippen LogP contribution < -0.4 is 0 Å². The molecule has 0 spiro atoms. The fourth-order valence-corrected chi connectivity index (χ4v) is 2.72. The third-order valence-corrected chi connectivity index (χ3v) is 3.32. The maximum absolute atomic E-state index is 2.42. The lowest BCUT2D eigenvalue weighted by Gasteiger charge is -2.15. The zero-order valence-electron chi connectivity index (χ0n) is 8.97. The Morgan fingerprint density at radius 3 is 2.58 bits per heavy atom. The van der Waals surface area contributed by atoms with Crippen molar-refractivity contribution in [2.24, 2.45) is 17.8 Å². The topological polar surface area (TPSA) is 0 Å². The molecule has 0 aromatic rings. The molecule has 1 aliphatic rings. The zero-order valence-corrected chi connectivity index (χ0v) is 8.97. The average Bonchev–Trinajstić information content (AvgIpc) is 2.36. The Morgan fingerprint density at radius 2 is 2.08 bits per heavy atom. The lowest BCUT2D eigenvalue weighted by molar-refractivity contribution is 0.370. The van der Waals surface area contributed by atoms with Gasteiger partial charge < -0.3 is 0 Å². The van der Waals surface area contributed by atoms with Gasteiger partial charge in [-0.3, -0.25) is 0 Å². The Hall–Kier alpha value is 0. The van der Waals surface area contributed by atoms with Crippen LogP contribution in [0.5, 0.6) is 0 Å². The summed E-state index contributed by atoms with van der Waals surface area (Å²) in [5.41, 5.74) is 0. The molecule has 0 aromatic heterocycles. The van der Waals surface area contributed by atoms with Gasteiger partial charge in [-0.25, -0.2) is 0 Å². The molecule has 12 heavy (non-hydrogen) atoms. The summed E-state index contributed by atoms with van der Waals surface area (Å²) < 4.78 is 0. The van der Waals surface area contributed by atoms with E-state index < -0.39 is 0 Å². The van der Waals surface area contributed by atoms with Crippen molar-refractivity contribution in [3.05, 3.63) is 0 Å². The van der Waals surface area contributed by atoms with E-state index in [4.69, 9.17) is 0 Å². The fraction of sp³-hybridized carbons (Fsp3) is 1.00. The van der Waals surface area contributed by atoms with Crippen molar-refractivity contribution in [1.82, 2.24) is 0 Å². The lowest BCUT2D eigenvalue weighted by atomic mass is 9.91. The van der Waals surface area contributed by atoms with Gasteiger partial charge >= 0.3 is 0 Å². The molecule has 0 heteroatoms. The van der Waals surface area contributed by atoms with Crippen LogP contribution in [-0.2, 0) is 0 Å². The van der Waals surface area contributed by atoms with E-state index in [2.05, 4.69) is 20.8 Å². The van der Waals surface area contributed by atoms with E-state index in [9.17, 15) is 0 Å². The molecule has 0 nitrogen and oxygen atoms in total. The Balaban J connectivity index is 2.14. The average molecular weight is 168 g/mol. The van der Waals surface area contributed by atoms with Crippen LogP contribution in [0.2, 0.25) is 0 Å². The second-order valence-corrected chi connectivity index (χ2v) is 4.91. The minimum absolute atomic E-state index is 0.977. The first-order valence-corrected chi connectivity index (χ1v) is 5.72. The molecule has 0 saturated heterocycles. The Morgan fingerprint density at radius 1 is 1.33 bits per heavy atom. The highest BCUT2D eigenvalue weighted by Crippen LogP contribution is 2.35. The maximum atomic E-state index is 2.42. The van der Waals surface area contributed by atoms with Crippen LogP contribution >= 0.6 is 0 Å². The molecule has 3 atom stereocenters. The van der Waals surface area contributed by atoms with E-state index in [1.54, 1.807) is 0 Å². The van der Waals surface area contributed by atoms with Gasteiger partial charge in [0.2, 0.25) is 0 Å². The number of hydrogen-bond acceptors (Lipinski definition) is 0. The van der Waals surface area contributed by atoms with Gasteiger partial charge in [0.1, 0.15) is 0 Å². The largest absolute Gasteiger partial charge is 0.0654 e. The highest BCUT2D eigenvalue weighted by molar-refractivity contribution is 4.74. The standard InChI is InChI=1S/C12H24/c1-4-5-10(2)8-12-7-6-11(3)9-12/h10-12H,4-9H2,1-3H3. The van der Waals surface area contributed by atoms with Gasteiger partial charge in [0.25, 0.3) is 0 Å². The summed E-state index contributed by atoms with van der Waals surface area (Å²) in [5.74, 6) is 3.07. The molecule has 1 fully saturated rings. The van der Waals surface area contributed by atoms with Crippen LogP contribution in [0.3, 0.4) is 0 Å². The summed E-state index contributed by atoms with van der Waals surface area (Å²) in [7, 11) is 0. The monoisotopic (exact) mass is 168 g/mol. The lowest BCUT2D eigenvalue weighted by Crippen LogP contribution is -2.02. The summed E-state index contributed by atoms with van der Waals surface area (Å²) in [5, 5.41) is 0. The van der Waals surface area contributed by atoms with E-state index in [1.807, 2.05) is 0 Å². The summed E-state index contributed by atoms with van der Waals surface area (Å²) in [4.78, 5) is 0. The van der Waals surface area contributed by atoms with Crippen molar-refractivity contribution < 1.29 is 0 Å². The Kier molecular flexibility index (Phi) is 4.11. The molecule has 0 aliphatic heterocycles. The highest BCUT2D eigenvalue weighted by Gasteiger charge is 2.22. The first-order valence-electron chi connectivity index (χ1n) is 5.72. The second kappa shape index (κ2) is 4.89. The van der Waals surface area contributed by atoms with Crippen molar-refractivity contribution in [2.75, 3.05) is 0 Å². The molecule has 1 rings (SSSR count).